The van der Waals surface area contributed by atoms with Crippen LogP contribution in [-0.2, 0) is 16.1 Å². The smallest absolute Gasteiger partial charge is 0.248 e. The molecule has 3 aromatic rings. The maximum atomic E-state index is 14.4. The van der Waals surface area contributed by atoms with Crippen LogP contribution in [0.15, 0.2) is 47.7 Å². The second-order valence-electron chi connectivity index (χ2n) is 6.87. The number of halogens is 2. The molecule has 9 heteroatoms. The summed E-state index contributed by atoms with van der Waals surface area (Å²) in [4.78, 5) is 31.6. The molecule has 1 amide bonds. The van der Waals surface area contributed by atoms with E-state index < -0.39 is 11.6 Å². The van der Waals surface area contributed by atoms with Gasteiger partial charge in [0.1, 0.15) is 18.2 Å². The van der Waals surface area contributed by atoms with Crippen LogP contribution in [0, 0.1) is 11.6 Å². The number of hydrogen-bond acceptors (Lipinski definition) is 4. The van der Waals surface area contributed by atoms with Gasteiger partial charge in [0.25, 0.3) is 0 Å². The Morgan fingerprint density at radius 3 is 2.79 bits per heavy atom. The van der Waals surface area contributed by atoms with Gasteiger partial charge in [-0.3, -0.25) is 9.59 Å². The zero-order valence-corrected chi connectivity index (χ0v) is 15.6. The summed E-state index contributed by atoms with van der Waals surface area (Å²) >= 11 is 0. The normalized spacial score (nSPS) is 17.0. The van der Waals surface area contributed by atoms with Crippen LogP contribution in [0.25, 0.3) is 22.5 Å². The summed E-state index contributed by atoms with van der Waals surface area (Å²) in [5.74, 6) is -1.30. The van der Waals surface area contributed by atoms with Crippen LogP contribution in [0.4, 0.5) is 8.78 Å². The van der Waals surface area contributed by atoms with Crippen molar-refractivity contribution in [3.05, 3.63) is 64.8 Å². The van der Waals surface area contributed by atoms with E-state index in [1.807, 2.05) is 0 Å². The molecule has 0 radical (unpaired) electrons. The van der Waals surface area contributed by atoms with Gasteiger partial charge in [-0.15, -0.1) is 0 Å². The van der Waals surface area contributed by atoms with E-state index >= 15 is 0 Å². The Balaban J connectivity index is 1.78. The third kappa shape index (κ3) is 3.81. The minimum atomic E-state index is -0.610. The van der Waals surface area contributed by atoms with E-state index in [1.54, 1.807) is 22.6 Å². The first-order valence-corrected chi connectivity index (χ1v) is 8.97. The number of nitrogens with one attached hydrogen (secondary N) is 1. The highest BCUT2D eigenvalue weighted by Crippen LogP contribution is 2.33. The topological polar surface area (TPSA) is 80.2 Å². The maximum Gasteiger partial charge on any atom is 0.248 e. The molecule has 150 valence electrons. The molecule has 3 heterocycles. The number of carbonyl (C=O) groups excluding carboxylic acids is 1. The molecule has 0 aliphatic carbocycles. The Kier molecular flexibility index (Phi) is 4.98. The highest BCUT2D eigenvalue weighted by molar-refractivity contribution is 5.79. The number of aromatic nitrogens is 3. The fourth-order valence-corrected chi connectivity index (χ4v) is 3.35. The van der Waals surface area contributed by atoms with Crippen LogP contribution in [0.3, 0.4) is 0 Å². The lowest BCUT2D eigenvalue weighted by molar-refractivity contribution is -0.147. The quantitative estimate of drug-likeness (QED) is 0.727. The van der Waals surface area contributed by atoms with Crippen LogP contribution in [0.1, 0.15) is 0 Å². The largest absolute Gasteiger partial charge is 0.365 e. The Bertz CT molecular complexity index is 1100. The van der Waals surface area contributed by atoms with E-state index in [4.69, 9.17) is 4.74 Å². The number of pyridine rings is 1. The lowest BCUT2D eigenvalue weighted by Gasteiger charge is -2.30. The maximum absolute atomic E-state index is 14.4. The number of aromatic amines is 1. The SMILES string of the molecule is CN1CC(Cn2cnc(-c3cc(F)ccc3F)c2-c2ccc(=O)[nH]c2)OCC1=O. The summed E-state index contributed by atoms with van der Waals surface area (Å²) in [5.41, 5.74) is 1.07. The molecule has 7 nitrogen and oxygen atoms in total. The highest BCUT2D eigenvalue weighted by atomic mass is 19.1. The highest BCUT2D eigenvalue weighted by Gasteiger charge is 2.26. The van der Waals surface area contributed by atoms with Crippen LogP contribution < -0.4 is 5.56 Å². The number of ether oxygens (including phenoxy) is 1. The lowest BCUT2D eigenvalue weighted by atomic mass is 10.0. The van der Waals surface area contributed by atoms with Crippen molar-refractivity contribution in [2.24, 2.45) is 0 Å². The molecule has 1 aliphatic rings. The number of rotatable bonds is 4. The van der Waals surface area contributed by atoms with Gasteiger partial charge in [-0.2, -0.15) is 0 Å². The average Bonchev–Trinajstić information content (AvgIpc) is 3.10. The van der Waals surface area contributed by atoms with Gasteiger partial charge in [0.05, 0.1) is 30.4 Å². The number of likely N-dealkylation sites (N-methyl/N-ethyl adjacent to an activating group) is 1. The summed E-state index contributed by atoms with van der Waals surface area (Å²) in [6.07, 6.45) is 2.71. The Hall–Kier alpha value is -3.33. The second-order valence-corrected chi connectivity index (χ2v) is 6.87. The Morgan fingerprint density at radius 1 is 1.24 bits per heavy atom. The average molecular weight is 400 g/mol. The van der Waals surface area contributed by atoms with Gasteiger partial charge in [0.15, 0.2) is 0 Å². The molecule has 29 heavy (non-hydrogen) atoms. The van der Waals surface area contributed by atoms with Crippen molar-refractivity contribution in [3.63, 3.8) is 0 Å². The van der Waals surface area contributed by atoms with Crippen LogP contribution in [0.2, 0.25) is 0 Å². The van der Waals surface area contributed by atoms with Gasteiger partial charge in [-0.25, -0.2) is 13.8 Å². The molecular weight excluding hydrogens is 382 g/mol. The zero-order valence-electron chi connectivity index (χ0n) is 15.6. The van der Waals surface area contributed by atoms with Crippen LogP contribution in [-0.4, -0.2) is 51.6 Å². The number of benzene rings is 1. The van der Waals surface area contributed by atoms with E-state index in [1.165, 1.54) is 18.6 Å². The lowest BCUT2D eigenvalue weighted by Crippen LogP contribution is -2.45. The minimum absolute atomic E-state index is 0.0156. The third-order valence-corrected chi connectivity index (χ3v) is 4.82. The molecule has 1 aliphatic heterocycles. The van der Waals surface area contributed by atoms with Crippen LogP contribution >= 0.6 is 0 Å². The van der Waals surface area contributed by atoms with Crippen molar-refractivity contribution in [1.82, 2.24) is 19.4 Å². The van der Waals surface area contributed by atoms with Crippen molar-refractivity contribution in [1.29, 1.82) is 0 Å². The van der Waals surface area contributed by atoms with E-state index in [-0.39, 0.29) is 35.4 Å². The second kappa shape index (κ2) is 7.59. The molecule has 0 bridgehead atoms. The molecule has 1 fully saturated rings. The van der Waals surface area contributed by atoms with Crippen LogP contribution in [0.5, 0.6) is 0 Å². The standard InChI is InChI=1S/C20H18F2N4O3/c1-25-8-14(29-10-18(25)28)9-26-11-24-19(15-6-13(21)3-4-16(15)22)20(26)12-2-5-17(27)23-7-12/h2-7,11,14H,8-10H2,1H3,(H,23,27). The van der Waals surface area contributed by atoms with E-state index in [9.17, 15) is 18.4 Å². The fourth-order valence-electron chi connectivity index (χ4n) is 3.35. The Labute approximate surface area is 164 Å². The van der Waals surface area contributed by atoms with Crippen molar-refractivity contribution >= 4 is 5.91 Å². The summed E-state index contributed by atoms with van der Waals surface area (Å²) in [5, 5.41) is 0. The van der Waals surface area contributed by atoms with Crippen molar-refractivity contribution in [3.8, 4) is 22.5 Å². The molecule has 1 N–H and O–H groups in total. The van der Waals surface area contributed by atoms with Crippen molar-refractivity contribution < 1.29 is 18.3 Å². The van der Waals surface area contributed by atoms with Crippen molar-refractivity contribution in [2.45, 2.75) is 12.6 Å². The third-order valence-electron chi connectivity index (χ3n) is 4.82. The Morgan fingerprint density at radius 2 is 2.07 bits per heavy atom. The number of nitrogens with zero attached hydrogens (tertiary/aromatic N) is 3. The van der Waals surface area contributed by atoms with Crippen molar-refractivity contribution in [2.75, 3.05) is 20.2 Å². The predicted molar refractivity (Wildman–Crippen MR) is 101 cm³/mol. The summed E-state index contributed by atoms with van der Waals surface area (Å²) in [6.45, 7) is 0.719. The van der Waals surface area contributed by atoms with E-state index in [0.717, 1.165) is 18.2 Å². The number of imidazole rings is 1. The molecule has 1 atom stereocenters. The van der Waals surface area contributed by atoms with Gasteiger partial charge < -0.3 is 19.2 Å². The number of carbonyl (C=O) groups is 1. The molecule has 0 spiro atoms. The fraction of sp³-hybridized carbons (Fsp3) is 0.250. The molecule has 2 aromatic heterocycles. The number of H-pyrrole nitrogens is 1. The van der Waals surface area contributed by atoms with Gasteiger partial charge in [-0.1, -0.05) is 0 Å². The van der Waals surface area contributed by atoms with Gasteiger partial charge in [-0.05, 0) is 24.3 Å². The molecule has 0 saturated carbocycles. The molecule has 4 rings (SSSR count). The van der Waals surface area contributed by atoms with E-state index in [2.05, 4.69) is 9.97 Å². The summed E-state index contributed by atoms with van der Waals surface area (Å²) < 4.78 is 35.6. The number of hydrogen-bond donors (Lipinski definition) is 1. The molecule has 1 unspecified atom stereocenters. The molecule has 1 aromatic carbocycles. The summed E-state index contributed by atoms with van der Waals surface area (Å²) in [7, 11) is 1.70. The predicted octanol–water partition coefficient (Wildman–Crippen LogP) is 2.04. The first kappa shape index (κ1) is 19.0. The molecule has 1 saturated heterocycles. The van der Waals surface area contributed by atoms with Gasteiger partial charge >= 0.3 is 0 Å². The zero-order chi connectivity index (χ0) is 20.5. The monoisotopic (exact) mass is 400 g/mol. The number of amides is 1. The summed E-state index contributed by atoms with van der Waals surface area (Å²) in [6, 6.07) is 6.11. The minimum Gasteiger partial charge on any atom is -0.365 e. The van der Waals surface area contributed by atoms with E-state index in [0.29, 0.717) is 24.3 Å². The van der Waals surface area contributed by atoms with Gasteiger partial charge in [0, 0.05) is 37.0 Å². The number of morpholine rings is 1. The first-order valence-electron chi connectivity index (χ1n) is 8.97. The van der Waals surface area contributed by atoms with Gasteiger partial charge in [0.2, 0.25) is 11.5 Å². The molecular formula is C20H18F2N4O3. The first-order chi connectivity index (χ1) is 13.9.